The van der Waals surface area contributed by atoms with Crippen LogP contribution in [0.5, 0.6) is 0 Å². The van der Waals surface area contributed by atoms with Crippen molar-refractivity contribution < 1.29 is 5.11 Å². The van der Waals surface area contributed by atoms with Gasteiger partial charge in [0.2, 0.25) is 0 Å². The molecule has 1 unspecified atom stereocenters. The van der Waals surface area contributed by atoms with Crippen molar-refractivity contribution in [1.29, 1.82) is 0 Å². The zero-order valence-electron chi connectivity index (χ0n) is 6.88. The van der Waals surface area contributed by atoms with E-state index < -0.39 is 6.10 Å². The van der Waals surface area contributed by atoms with Crippen LogP contribution in [0.3, 0.4) is 0 Å². The number of aliphatic hydroxyl groups excluding tert-OH is 1. The van der Waals surface area contributed by atoms with E-state index in [2.05, 4.69) is 15.9 Å². The molecule has 1 rings (SSSR count). The van der Waals surface area contributed by atoms with Crippen molar-refractivity contribution in [3.63, 3.8) is 0 Å². The molecule has 0 fully saturated rings. The van der Waals surface area contributed by atoms with Crippen LogP contribution in [0, 0.1) is 6.92 Å². The lowest BCUT2D eigenvalue weighted by atomic mass is 10.2. The first kappa shape index (κ1) is 10.2. The molecule has 0 saturated carbocycles. The molecule has 0 radical (unpaired) electrons. The van der Waals surface area contributed by atoms with Crippen LogP contribution in [0.25, 0.3) is 0 Å². The zero-order valence-corrected chi connectivity index (χ0v) is 9.28. The van der Waals surface area contributed by atoms with E-state index in [1.807, 2.05) is 13.0 Å². The third kappa shape index (κ3) is 2.29. The van der Waals surface area contributed by atoms with Gasteiger partial charge in [0, 0.05) is 4.88 Å². The Morgan fingerprint density at radius 3 is 2.83 bits per heavy atom. The minimum Gasteiger partial charge on any atom is -0.388 e. The highest BCUT2D eigenvalue weighted by Crippen LogP contribution is 2.32. The second-order valence-electron chi connectivity index (χ2n) is 2.70. The number of hydrogen-bond acceptors (Lipinski definition) is 3. The highest BCUT2D eigenvalue weighted by atomic mass is 79.9. The Bertz CT molecular complexity index is 242. The fourth-order valence-corrected chi connectivity index (χ4v) is 2.54. The molecule has 3 N–H and O–H groups in total. The van der Waals surface area contributed by atoms with E-state index in [9.17, 15) is 5.11 Å². The fraction of sp³-hybridized carbons (Fsp3) is 0.500. The molecule has 0 bridgehead atoms. The Hall–Kier alpha value is 0.100. The Morgan fingerprint density at radius 1 is 1.75 bits per heavy atom. The highest BCUT2D eigenvalue weighted by molar-refractivity contribution is 9.11. The summed E-state index contributed by atoms with van der Waals surface area (Å²) in [5.74, 6) is 0. The van der Waals surface area contributed by atoms with Crippen LogP contribution in [-0.4, -0.2) is 11.7 Å². The molecule has 1 aromatic heterocycles. The van der Waals surface area contributed by atoms with Gasteiger partial charge in [-0.1, -0.05) is 0 Å². The van der Waals surface area contributed by atoms with Crippen molar-refractivity contribution in [3.05, 3.63) is 20.3 Å². The fourth-order valence-electron chi connectivity index (χ4n) is 0.948. The van der Waals surface area contributed by atoms with E-state index in [1.54, 1.807) is 11.3 Å². The quantitative estimate of drug-likeness (QED) is 0.863. The largest absolute Gasteiger partial charge is 0.388 e. The van der Waals surface area contributed by atoms with Crippen LogP contribution in [-0.2, 0) is 0 Å². The standard InChI is InChI=1S/C8H12BrNOS/c1-5-4-7(12-8(5)9)6(11)2-3-10/h4,6,11H,2-3,10H2,1H3. The van der Waals surface area contributed by atoms with E-state index in [-0.39, 0.29) is 0 Å². The van der Waals surface area contributed by atoms with Gasteiger partial charge in [-0.3, -0.25) is 0 Å². The molecule has 12 heavy (non-hydrogen) atoms. The molecule has 0 aliphatic carbocycles. The van der Waals surface area contributed by atoms with Crippen LogP contribution < -0.4 is 5.73 Å². The van der Waals surface area contributed by atoms with E-state index in [0.29, 0.717) is 13.0 Å². The Kier molecular flexibility index (Phi) is 3.71. The summed E-state index contributed by atoms with van der Waals surface area (Å²) >= 11 is 4.99. The predicted octanol–water partition coefficient (Wildman–Crippen LogP) is 2.20. The molecule has 1 atom stereocenters. The maximum atomic E-state index is 9.57. The van der Waals surface area contributed by atoms with Crippen molar-refractivity contribution in [1.82, 2.24) is 0 Å². The predicted molar refractivity (Wildman–Crippen MR) is 55.4 cm³/mol. The van der Waals surface area contributed by atoms with Gasteiger partial charge in [0.1, 0.15) is 0 Å². The van der Waals surface area contributed by atoms with E-state index >= 15 is 0 Å². The maximum absolute atomic E-state index is 9.57. The lowest BCUT2D eigenvalue weighted by molar-refractivity contribution is 0.174. The molecule has 0 aliphatic heterocycles. The van der Waals surface area contributed by atoms with Crippen LogP contribution in [0.1, 0.15) is 23.0 Å². The van der Waals surface area contributed by atoms with Gasteiger partial charge in [-0.25, -0.2) is 0 Å². The number of halogens is 1. The van der Waals surface area contributed by atoms with Crippen molar-refractivity contribution >= 4 is 27.3 Å². The van der Waals surface area contributed by atoms with Crippen molar-refractivity contribution in [2.75, 3.05) is 6.54 Å². The first-order valence-electron chi connectivity index (χ1n) is 3.79. The van der Waals surface area contributed by atoms with Gasteiger partial charge in [0.05, 0.1) is 9.89 Å². The van der Waals surface area contributed by atoms with Crippen molar-refractivity contribution in [2.45, 2.75) is 19.4 Å². The van der Waals surface area contributed by atoms with E-state index in [1.165, 1.54) is 5.56 Å². The van der Waals surface area contributed by atoms with Gasteiger partial charge in [-0.05, 0) is 47.4 Å². The third-order valence-electron chi connectivity index (χ3n) is 1.64. The van der Waals surface area contributed by atoms with Crippen LogP contribution >= 0.6 is 27.3 Å². The number of rotatable bonds is 3. The second kappa shape index (κ2) is 4.37. The first-order chi connectivity index (χ1) is 5.65. The van der Waals surface area contributed by atoms with Gasteiger partial charge in [-0.2, -0.15) is 0 Å². The Labute approximate surface area is 84.5 Å². The summed E-state index contributed by atoms with van der Waals surface area (Å²) < 4.78 is 1.09. The number of aliphatic hydroxyl groups is 1. The number of nitrogens with two attached hydrogens (primary N) is 1. The monoisotopic (exact) mass is 249 g/mol. The molecule has 0 amide bonds. The number of thiophene rings is 1. The van der Waals surface area contributed by atoms with Gasteiger partial charge in [0.15, 0.2) is 0 Å². The maximum Gasteiger partial charge on any atom is 0.0894 e. The molecule has 0 aromatic carbocycles. The second-order valence-corrected chi connectivity index (χ2v) is 5.10. The molecule has 2 nitrogen and oxygen atoms in total. The molecule has 68 valence electrons. The number of hydrogen-bond donors (Lipinski definition) is 2. The average Bonchev–Trinajstić information content (AvgIpc) is 2.33. The zero-order chi connectivity index (χ0) is 9.14. The minimum absolute atomic E-state index is 0.398. The lowest BCUT2D eigenvalue weighted by Crippen LogP contribution is -2.05. The summed E-state index contributed by atoms with van der Waals surface area (Å²) in [6.07, 6.45) is 0.233. The van der Waals surface area contributed by atoms with Crippen molar-refractivity contribution in [3.8, 4) is 0 Å². The van der Waals surface area contributed by atoms with Crippen LogP contribution in [0.4, 0.5) is 0 Å². The van der Waals surface area contributed by atoms with Crippen LogP contribution in [0.15, 0.2) is 9.85 Å². The summed E-state index contributed by atoms with van der Waals surface area (Å²) in [5.41, 5.74) is 6.52. The van der Waals surface area contributed by atoms with E-state index in [4.69, 9.17) is 5.73 Å². The Balaban J connectivity index is 2.74. The summed E-state index contributed by atoms with van der Waals surface area (Å²) in [6.45, 7) is 2.54. The molecule has 1 aromatic rings. The summed E-state index contributed by atoms with van der Waals surface area (Å²) in [4.78, 5) is 0.991. The normalized spacial score (nSPS) is 13.3. The average molecular weight is 250 g/mol. The lowest BCUT2D eigenvalue weighted by Gasteiger charge is -2.04. The van der Waals surface area contributed by atoms with Gasteiger partial charge in [-0.15, -0.1) is 11.3 Å². The van der Waals surface area contributed by atoms with Crippen LogP contribution in [0.2, 0.25) is 0 Å². The minimum atomic E-state index is -0.398. The molecule has 0 aliphatic rings. The SMILES string of the molecule is Cc1cc(C(O)CCN)sc1Br. The van der Waals surface area contributed by atoms with Crippen molar-refractivity contribution in [2.24, 2.45) is 5.73 Å². The Morgan fingerprint density at radius 2 is 2.42 bits per heavy atom. The molecule has 4 heteroatoms. The van der Waals surface area contributed by atoms with Gasteiger partial charge < -0.3 is 10.8 Å². The molecule has 1 heterocycles. The molecular weight excluding hydrogens is 238 g/mol. The smallest absolute Gasteiger partial charge is 0.0894 e. The first-order valence-corrected chi connectivity index (χ1v) is 5.40. The summed E-state index contributed by atoms with van der Waals surface area (Å²) in [5, 5.41) is 9.57. The van der Waals surface area contributed by atoms with E-state index in [0.717, 1.165) is 8.66 Å². The molecule has 0 spiro atoms. The molecule has 0 saturated heterocycles. The van der Waals surface area contributed by atoms with Gasteiger partial charge >= 0.3 is 0 Å². The third-order valence-corrected chi connectivity index (χ3v) is 3.88. The highest BCUT2D eigenvalue weighted by Gasteiger charge is 2.10. The molecular formula is C8H12BrNOS. The number of aryl methyl sites for hydroxylation is 1. The van der Waals surface area contributed by atoms with Gasteiger partial charge in [0.25, 0.3) is 0 Å². The topological polar surface area (TPSA) is 46.2 Å². The summed E-state index contributed by atoms with van der Waals surface area (Å²) in [6, 6.07) is 2.00. The summed E-state index contributed by atoms with van der Waals surface area (Å²) in [7, 11) is 0.